The Balaban J connectivity index is 0.000000292. The third-order valence-corrected chi connectivity index (χ3v) is 0.728. The summed E-state index contributed by atoms with van der Waals surface area (Å²) in [6.45, 7) is 0. The number of rotatable bonds is 0. The van der Waals surface area contributed by atoms with Crippen LogP contribution in [0.4, 0.5) is 8.78 Å². The van der Waals surface area contributed by atoms with Gasteiger partial charge in [0.05, 0.1) is 0 Å². The molecule has 0 bridgehead atoms. The van der Waals surface area contributed by atoms with E-state index in [9.17, 15) is 8.78 Å². The first kappa shape index (κ1) is 11.7. The molecule has 0 aromatic heterocycles. The molecule has 0 saturated heterocycles. The summed E-state index contributed by atoms with van der Waals surface area (Å²) in [7, 11) is 0. The van der Waals surface area contributed by atoms with Gasteiger partial charge in [-0.15, -0.1) is 0 Å². The molecule has 0 nitrogen and oxygen atoms in total. The second-order valence-corrected chi connectivity index (χ2v) is 15.5. The van der Waals surface area contributed by atoms with Crippen LogP contribution in [0.25, 0.3) is 0 Å². The van der Waals surface area contributed by atoms with Crippen molar-refractivity contribution in [2.75, 3.05) is 0 Å². The van der Waals surface area contributed by atoms with Crippen molar-refractivity contribution in [3.63, 3.8) is 0 Å². The van der Waals surface area contributed by atoms with E-state index >= 15 is 0 Å². The maximum atomic E-state index is 11.9. The van der Waals surface area contributed by atoms with E-state index in [1.54, 1.807) is 0 Å². The first-order valence-electron chi connectivity index (χ1n) is 2.65. The van der Waals surface area contributed by atoms with Crippen LogP contribution < -0.4 is 0 Å². The molecule has 1 aromatic carbocycles. The SMILES string of the molecule is Fc1[c]ccc(F)c1.[Br][Zn][Br]. The molecule has 1 rings (SSSR count). The Hall–Kier alpha value is 0.663. The third kappa shape index (κ3) is 7.04. The molecule has 0 N–H and O–H groups in total. The van der Waals surface area contributed by atoms with E-state index in [4.69, 9.17) is 0 Å². The molecule has 0 spiro atoms. The van der Waals surface area contributed by atoms with Gasteiger partial charge in [0.1, 0.15) is 11.6 Å². The van der Waals surface area contributed by atoms with Crippen LogP contribution in [0.3, 0.4) is 0 Å². The Morgan fingerprint density at radius 2 is 1.91 bits per heavy atom. The van der Waals surface area contributed by atoms with E-state index in [2.05, 4.69) is 33.3 Å². The average molecular weight is 338 g/mol. The van der Waals surface area contributed by atoms with Crippen molar-refractivity contribution in [3.8, 4) is 0 Å². The Morgan fingerprint density at radius 1 is 1.36 bits per heavy atom. The molecule has 0 saturated carbocycles. The van der Waals surface area contributed by atoms with Crippen LogP contribution >= 0.6 is 27.2 Å². The fraction of sp³-hybridized carbons (Fsp3) is 0. The van der Waals surface area contributed by atoms with Gasteiger partial charge < -0.3 is 0 Å². The summed E-state index contributed by atoms with van der Waals surface area (Å²) in [4.78, 5) is 0. The Kier molecular flexibility index (Phi) is 7.76. The predicted molar refractivity (Wildman–Crippen MR) is 43.0 cm³/mol. The van der Waals surface area contributed by atoms with E-state index in [1.165, 1.54) is 6.07 Å². The van der Waals surface area contributed by atoms with E-state index < -0.39 is 11.6 Å². The number of benzene rings is 1. The standard InChI is InChI=1S/C6H3F2.2BrH.Zn/c7-5-2-1-3-6(8)4-5;;;/h1-2,4H;2*1H;/q;;;+2/p-2. The van der Waals surface area contributed by atoms with Gasteiger partial charge in [-0.25, -0.2) is 8.78 Å². The van der Waals surface area contributed by atoms with Gasteiger partial charge in [-0.05, 0) is 12.1 Å². The molecule has 11 heavy (non-hydrogen) atoms. The van der Waals surface area contributed by atoms with Crippen LogP contribution in [-0.2, 0) is 13.2 Å². The van der Waals surface area contributed by atoms with Gasteiger partial charge in [-0.1, -0.05) is 0 Å². The van der Waals surface area contributed by atoms with Crippen LogP contribution in [-0.4, -0.2) is 0 Å². The summed E-state index contributed by atoms with van der Waals surface area (Å²) in [5.74, 6) is -1.23. The summed E-state index contributed by atoms with van der Waals surface area (Å²) in [5, 5.41) is 0. The average Bonchev–Trinajstić information content (AvgIpc) is 1.88. The second kappa shape index (κ2) is 7.32. The zero-order valence-corrected chi connectivity index (χ0v) is 11.6. The maximum absolute atomic E-state index is 11.9. The quantitative estimate of drug-likeness (QED) is 0.636. The molecule has 5 heteroatoms. The zero-order valence-electron chi connectivity index (χ0n) is 5.45. The first-order chi connectivity index (χ1) is 5.20. The second-order valence-electron chi connectivity index (χ2n) is 1.46. The molecule has 0 aliphatic carbocycles. The molecule has 0 aliphatic rings. The van der Waals surface area contributed by atoms with E-state index in [1.807, 2.05) is 0 Å². The third-order valence-electron chi connectivity index (χ3n) is 0.728. The van der Waals surface area contributed by atoms with Crippen LogP contribution in [0.5, 0.6) is 0 Å². The molecule has 0 unspecified atom stereocenters. The topological polar surface area (TPSA) is 0 Å². The van der Waals surface area contributed by atoms with Gasteiger partial charge in [0.2, 0.25) is 0 Å². The van der Waals surface area contributed by atoms with Crippen molar-refractivity contribution in [3.05, 3.63) is 35.9 Å². The first-order valence-corrected chi connectivity index (χ1v) is 16.5. The van der Waals surface area contributed by atoms with Crippen LogP contribution in [0.15, 0.2) is 18.2 Å². The Bertz CT molecular complexity index is 190. The molecule has 0 fully saturated rings. The van der Waals surface area contributed by atoms with E-state index in [0.717, 1.165) is 12.1 Å². The minimum atomic E-state index is -0.662. The van der Waals surface area contributed by atoms with E-state index in [-0.39, 0.29) is 13.2 Å². The van der Waals surface area contributed by atoms with Crippen molar-refractivity contribution in [1.29, 1.82) is 0 Å². The molecule has 0 heterocycles. The monoisotopic (exact) mass is 335 g/mol. The van der Waals surface area contributed by atoms with Crippen LogP contribution in [0.1, 0.15) is 0 Å². The number of hydrogen-bond donors (Lipinski definition) is 0. The summed E-state index contributed by atoms with van der Waals surface area (Å²) >= 11 is 6.25. The minimum absolute atomic E-state index is 0.250. The number of hydrogen-bond acceptors (Lipinski definition) is 0. The van der Waals surface area contributed by atoms with Crippen molar-refractivity contribution in [2.45, 2.75) is 0 Å². The zero-order chi connectivity index (χ0) is 8.69. The summed E-state index contributed by atoms with van der Waals surface area (Å²) in [6, 6.07) is 5.28. The summed E-state index contributed by atoms with van der Waals surface area (Å²) < 4.78 is 23.8. The fourth-order valence-corrected chi connectivity index (χ4v) is 0.412. The molecule has 57 valence electrons. The van der Waals surface area contributed by atoms with Gasteiger partial charge in [0, 0.05) is 12.1 Å². The fourth-order valence-electron chi connectivity index (χ4n) is 0.412. The molecule has 0 amide bonds. The molecule has 1 radical (unpaired) electrons. The van der Waals surface area contributed by atoms with Crippen LogP contribution in [0, 0.1) is 17.7 Å². The predicted octanol–water partition coefficient (Wildman–Crippen LogP) is 3.45. The van der Waals surface area contributed by atoms with Gasteiger partial charge >= 0.3 is 40.5 Å². The van der Waals surface area contributed by atoms with Crippen molar-refractivity contribution in [2.24, 2.45) is 0 Å². The van der Waals surface area contributed by atoms with Gasteiger partial charge in [-0.2, -0.15) is 0 Å². The summed E-state index contributed by atoms with van der Waals surface area (Å²) in [6.07, 6.45) is 0. The Morgan fingerprint density at radius 3 is 2.18 bits per heavy atom. The molecule has 0 aliphatic heterocycles. The number of halogens is 4. The normalized spacial score (nSPS) is 7.64. The Labute approximate surface area is 84.7 Å². The van der Waals surface area contributed by atoms with Gasteiger partial charge in [0.25, 0.3) is 0 Å². The molecule has 0 atom stereocenters. The van der Waals surface area contributed by atoms with Crippen LogP contribution in [0.2, 0.25) is 0 Å². The van der Waals surface area contributed by atoms with Gasteiger partial charge in [-0.3, -0.25) is 0 Å². The summed E-state index contributed by atoms with van der Waals surface area (Å²) in [5.41, 5.74) is 0. The van der Waals surface area contributed by atoms with Gasteiger partial charge in [0.15, 0.2) is 0 Å². The molecular weight excluding hydrogens is 335 g/mol. The van der Waals surface area contributed by atoms with Crippen molar-refractivity contribution >= 4 is 27.2 Å². The van der Waals surface area contributed by atoms with Crippen molar-refractivity contribution < 1.29 is 22.0 Å². The van der Waals surface area contributed by atoms with Crippen molar-refractivity contribution in [1.82, 2.24) is 0 Å². The van der Waals surface area contributed by atoms with E-state index in [0.29, 0.717) is 0 Å². The molecular formula is C6H3Br2F2Zn. The molecule has 1 aromatic rings.